The molecule has 0 amide bonds. The zero-order valence-corrected chi connectivity index (χ0v) is 26.5. The molecule has 0 saturated carbocycles. The maximum Gasteiger partial charge on any atom is 0.187 e. The van der Waals surface area contributed by atoms with Gasteiger partial charge in [0.15, 0.2) is 12.6 Å². The van der Waals surface area contributed by atoms with Crippen molar-refractivity contribution in [2.75, 3.05) is 13.2 Å². The molecule has 2 aliphatic heterocycles. The van der Waals surface area contributed by atoms with Crippen molar-refractivity contribution < 1.29 is 59.8 Å². The number of hydrogen-bond acceptors (Lipinski definition) is 12. The van der Waals surface area contributed by atoms with Crippen LogP contribution in [0.5, 0.6) is 0 Å². The Bertz CT molecular complexity index is 976. The van der Waals surface area contributed by atoms with Gasteiger partial charge in [0.1, 0.15) is 48.8 Å². The second-order valence-corrected chi connectivity index (χ2v) is 11.9. The average Bonchev–Trinajstić information content (AvgIpc) is 3.00. The second kappa shape index (κ2) is 18.6. The van der Waals surface area contributed by atoms with E-state index in [1.165, 1.54) is 0 Å². The summed E-state index contributed by atoms with van der Waals surface area (Å²) >= 11 is 0. The van der Waals surface area contributed by atoms with Gasteiger partial charge in [0.25, 0.3) is 0 Å². The van der Waals surface area contributed by atoms with Crippen molar-refractivity contribution in [2.24, 2.45) is 0 Å². The summed E-state index contributed by atoms with van der Waals surface area (Å²) in [6.07, 6.45) is -4.87. The van der Waals surface area contributed by atoms with E-state index in [-0.39, 0.29) is 0 Å². The van der Waals surface area contributed by atoms with Gasteiger partial charge in [-0.25, -0.2) is 0 Å². The Kier molecular flexibility index (Phi) is 16.3. The molecule has 2 fully saturated rings. The second-order valence-electron chi connectivity index (χ2n) is 11.9. The van der Waals surface area contributed by atoms with Gasteiger partial charge >= 0.3 is 0 Å². The Morgan fingerprint density at radius 2 is 1.18 bits per heavy atom. The molecular weight excluding hydrogens is 576 g/mol. The molecule has 0 spiro atoms. The SMILES string of the molecule is C=C(C)C(CC/C(C)=C/CC/C(C)=C/CC(O[C@@H]1O[C@H](CO)[C@@H](O)[C@H](O)[C@H]1O)/C(C)=C\C)O[C@@H]1O[C@H](CO)[C@@H](O)[C@H](O)[C@H]1O. The summed E-state index contributed by atoms with van der Waals surface area (Å²) in [5.41, 5.74) is 3.88. The van der Waals surface area contributed by atoms with Crippen LogP contribution < -0.4 is 0 Å². The van der Waals surface area contributed by atoms with Crippen LogP contribution in [0.25, 0.3) is 0 Å². The Labute approximate surface area is 260 Å². The molecule has 0 aromatic rings. The predicted octanol–water partition coefficient (Wildman–Crippen LogP) is 0.742. The van der Waals surface area contributed by atoms with Gasteiger partial charge in [-0.2, -0.15) is 0 Å². The van der Waals surface area contributed by atoms with Gasteiger partial charge in [-0.1, -0.05) is 41.5 Å². The van der Waals surface area contributed by atoms with Crippen LogP contribution in [0.15, 0.2) is 47.1 Å². The van der Waals surface area contributed by atoms with E-state index in [1.54, 1.807) is 6.92 Å². The highest BCUT2D eigenvalue weighted by molar-refractivity contribution is 5.11. The average molecular weight is 631 g/mol. The highest BCUT2D eigenvalue weighted by Crippen LogP contribution is 2.28. The maximum absolute atomic E-state index is 10.4. The normalized spacial score (nSPS) is 35.4. The lowest BCUT2D eigenvalue weighted by Crippen LogP contribution is -2.59. The highest BCUT2D eigenvalue weighted by Gasteiger charge is 2.46. The van der Waals surface area contributed by atoms with E-state index >= 15 is 0 Å². The Balaban J connectivity index is 1.90. The van der Waals surface area contributed by atoms with E-state index in [9.17, 15) is 40.9 Å². The number of allylic oxidation sites excluding steroid dienone is 4. The van der Waals surface area contributed by atoms with Crippen LogP contribution >= 0.6 is 0 Å². The van der Waals surface area contributed by atoms with Gasteiger partial charge in [0.2, 0.25) is 0 Å². The van der Waals surface area contributed by atoms with Crippen LogP contribution in [0.2, 0.25) is 0 Å². The molecule has 0 radical (unpaired) electrons. The van der Waals surface area contributed by atoms with Crippen molar-refractivity contribution in [3.8, 4) is 0 Å². The molecular formula is C32H54O12. The number of aliphatic hydroxyl groups excluding tert-OH is 8. The zero-order chi connectivity index (χ0) is 33.1. The van der Waals surface area contributed by atoms with Gasteiger partial charge < -0.3 is 59.8 Å². The van der Waals surface area contributed by atoms with Crippen LogP contribution in [0.4, 0.5) is 0 Å². The topological polar surface area (TPSA) is 199 Å². The van der Waals surface area contributed by atoms with Crippen LogP contribution in [-0.4, -0.2) is 128 Å². The van der Waals surface area contributed by atoms with Crippen molar-refractivity contribution in [2.45, 2.75) is 140 Å². The third-order valence-electron chi connectivity index (χ3n) is 8.32. The van der Waals surface area contributed by atoms with E-state index < -0.39 is 86.8 Å². The molecule has 8 N–H and O–H groups in total. The molecule has 2 saturated heterocycles. The van der Waals surface area contributed by atoms with E-state index in [2.05, 4.69) is 18.7 Å². The molecule has 0 aromatic heterocycles. The van der Waals surface area contributed by atoms with Crippen LogP contribution in [0, 0.1) is 0 Å². The molecule has 0 aliphatic carbocycles. The Hall–Kier alpha value is -1.52. The summed E-state index contributed by atoms with van der Waals surface area (Å²) in [6, 6.07) is 0. The highest BCUT2D eigenvalue weighted by atomic mass is 16.7. The smallest absolute Gasteiger partial charge is 0.187 e. The van der Waals surface area contributed by atoms with Crippen molar-refractivity contribution >= 4 is 0 Å². The van der Waals surface area contributed by atoms with E-state index in [1.807, 2.05) is 33.8 Å². The summed E-state index contributed by atoms with van der Waals surface area (Å²) in [5.74, 6) is 0. The summed E-state index contributed by atoms with van der Waals surface area (Å²) in [4.78, 5) is 0. The molecule has 2 rings (SSSR count). The zero-order valence-electron chi connectivity index (χ0n) is 26.5. The lowest BCUT2D eigenvalue weighted by molar-refractivity contribution is -0.308. The first-order valence-electron chi connectivity index (χ1n) is 15.3. The number of aliphatic hydroxyl groups is 8. The fourth-order valence-corrected chi connectivity index (χ4v) is 5.07. The van der Waals surface area contributed by atoms with Gasteiger partial charge in [0, 0.05) is 0 Å². The van der Waals surface area contributed by atoms with Crippen LogP contribution in [-0.2, 0) is 18.9 Å². The largest absolute Gasteiger partial charge is 0.394 e. The third-order valence-corrected chi connectivity index (χ3v) is 8.32. The first-order valence-corrected chi connectivity index (χ1v) is 15.3. The first kappa shape index (κ1) is 38.7. The van der Waals surface area contributed by atoms with Crippen molar-refractivity contribution in [1.29, 1.82) is 0 Å². The van der Waals surface area contributed by atoms with Gasteiger partial charge in [0.05, 0.1) is 25.4 Å². The summed E-state index contributed by atoms with van der Waals surface area (Å²) < 4.78 is 22.9. The van der Waals surface area contributed by atoms with E-state index in [4.69, 9.17) is 18.9 Å². The molecule has 2 unspecified atom stereocenters. The molecule has 44 heavy (non-hydrogen) atoms. The maximum atomic E-state index is 10.4. The molecule has 12 nitrogen and oxygen atoms in total. The molecule has 12 heteroatoms. The fourth-order valence-electron chi connectivity index (χ4n) is 5.07. The van der Waals surface area contributed by atoms with Crippen LogP contribution in [0.1, 0.15) is 66.7 Å². The molecule has 2 heterocycles. The fraction of sp³-hybridized carbons (Fsp3) is 0.750. The van der Waals surface area contributed by atoms with Crippen molar-refractivity contribution in [1.82, 2.24) is 0 Å². The minimum absolute atomic E-state index is 0.448. The van der Waals surface area contributed by atoms with Gasteiger partial charge in [-0.05, 0) is 72.3 Å². The molecule has 0 bridgehead atoms. The molecule has 254 valence electrons. The van der Waals surface area contributed by atoms with Crippen molar-refractivity contribution in [3.05, 3.63) is 47.1 Å². The van der Waals surface area contributed by atoms with Gasteiger partial charge in [-0.15, -0.1) is 0 Å². The number of hydrogen-bond donors (Lipinski definition) is 8. The summed E-state index contributed by atoms with van der Waals surface area (Å²) in [7, 11) is 0. The minimum Gasteiger partial charge on any atom is -0.394 e. The molecule has 2 aliphatic rings. The lowest BCUT2D eigenvalue weighted by Gasteiger charge is -2.41. The van der Waals surface area contributed by atoms with Crippen molar-refractivity contribution in [3.63, 3.8) is 0 Å². The third kappa shape index (κ3) is 10.8. The van der Waals surface area contributed by atoms with E-state index in [0.29, 0.717) is 24.8 Å². The first-order chi connectivity index (χ1) is 20.7. The number of ether oxygens (including phenoxy) is 4. The Morgan fingerprint density at radius 3 is 1.64 bits per heavy atom. The number of rotatable bonds is 16. The van der Waals surface area contributed by atoms with Gasteiger partial charge in [-0.3, -0.25) is 0 Å². The summed E-state index contributed by atoms with van der Waals surface area (Å²) in [6.45, 7) is 12.5. The molecule has 12 atom stereocenters. The quantitative estimate of drug-likeness (QED) is 0.112. The van der Waals surface area contributed by atoms with Crippen LogP contribution in [0.3, 0.4) is 0 Å². The monoisotopic (exact) mass is 630 g/mol. The standard InChI is InChI=1S/C32H54O12/c1-7-20(6)22(42-32-30(40)28(38)26(36)24(16-34)44-32)14-12-19(5)10-8-9-18(4)11-13-21(17(2)3)41-31-29(39)27(37)25(35)23(15-33)43-31/h7,9,12,21-40H,2,8,10-11,13-16H2,1,3-6H3/b18-9+,19-12+,20-7-/t21?,22?,23-,24-,25-,26-,27+,28+,29-,30-,31-,32-/m1/s1. The minimum atomic E-state index is -1.51. The predicted molar refractivity (Wildman–Crippen MR) is 162 cm³/mol. The molecule has 0 aromatic carbocycles. The van der Waals surface area contributed by atoms with E-state index in [0.717, 1.165) is 29.6 Å². The summed E-state index contributed by atoms with van der Waals surface area (Å²) in [5, 5.41) is 79.7. The lowest BCUT2D eigenvalue weighted by atomic mass is 9.98. The Morgan fingerprint density at radius 1 is 0.705 bits per heavy atom.